The molecule has 0 fully saturated rings. The second kappa shape index (κ2) is 8.15. The highest BCUT2D eigenvalue weighted by atomic mass is 35.5. The molecular weight excluding hydrogens is 371 g/mol. The van der Waals surface area contributed by atoms with Crippen molar-refractivity contribution in [2.45, 2.75) is 25.9 Å². The van der Waals surface area contributed by atoms with Crippen LogP contribution in [0.5, 0.6) is 11.5 Å². The van der Waals surface area contributed by atoms with Gasteiger partial charge in [0, 0.05) is 13.1 Å². The number of methoxy groups -OCH3 is 2. The van der Waals surface area contributed by atoms with E-state index in [0.29, 0.717) is 23.7 Å². The molecule has 0 saturated heterocycles. The molecule has 3 rings (SSSR count). The number of hydrogen-bond acceptors (Lipinski definition) is 4. The minimum Gasteiger partial charge on any atom is -0.493 e. The Morgan fingerprint density at radius 1 is 1.19 bits per heavy atom. The van der Waals surface area contributed by atoms with Crippen LogP contribution in [0.25, 0.3) is 0 Å². The van der Waals surface area contributed by atoms with Gasteiger partial charge in [-0.3, -0.25) is 9.69 Å². The largest absolute Gasteiger partial charge is 0.493 e. The summed E-state index contributed by atoms with van der Waals surface area (Å²) < 4.78 is 23.9. The minimum atomic E-state index is -0.442. The van der Waals surface area contributed by atoms with Gasteiger partial charge in [-0.25, -0.2) is 4.39 Å². The second-order valence-electron chi connectivity index (χ2n) is 6.49. The van der Waals surface area contributed by atoms with E-state index in [4.69, 9.17) is 21.1 Å². The molecule has 1 N–H and O–H groups in total. The Morgan fingerprint density at radius 2 is 1.85 bits per heavy atom. The molecule has 27 heavy (non-hydrogen) atoms. The molecule has 144 valence electrons. The Kier molecular flexibility index (Phi) is 5.87. The van der Waals surface area contributed by atoms with Crippen LogP contribution >= 0.6 is 11.6 Å². The molecule has 0 aliphatic carbocycles. The number of anilines is 1. The van der Waals surface area contributed by atoms with E-state index in [9.17, 15) is 9.18 Å². The third kappa shape index (κ3) is 4.17. The zero-order chi connectivity index (χ0) is 19.6. The molecule has 2 aromatic rings. The highest BCUT2D eigenvalue weighted by Gasteiger charge is 2.27. The Hall–Kier alpha value is -2.31. The number of benzene rings is 2. The summed E-state index contributed by atoms with van der Waals surface area (Å²) in [6.07, 6.45) is 0.810. The fraction of sp³-hybridized carbons (Fsp3) is 0.350. The van der Waals surface area contributed by atoms with Crippen molar-refractivity contribution >= 4 is 23.2 Å². The lowest BCUT2D eigenvalue weighted by Gasteiger charge is -2.33. The van der Waals surface area contributed by atoms with Crippen molar-refractivity contribution < 1.29 is 18.7 Å². The summed E-state index contributed by atoms with van der Waals surface area (Å²) >= 11 is 6.00. The van der Waals surface area contributed by atoms with E-state index in [0.717, 1.165) is 18.5 Å². The smallest absolute Gasteiger partial charge is 0.241 e. The summed E-state index contributed by atoms with van der Waals surface area (Å²) in [6.45, 7) is 3.22. The van der Waals surface area contributed by atoms with Crippen molar-refractivity contribution in [2.75, 3.05) is 26.1 Å². The molecule has 7 heteroatoms. The standard InChI is InChI=1S/C20H22ClFN2O3/c1-12(20(25)23-17-5-4-15(22)10-16(17)21)24-7-6-13-8-18(26-2)19(27-3)9-14(13)11-24/h4-5,8-10,12H,6-7,11H2,1-3H3,(H,23,25)/t12-/m1/s1. The number of fused-ring (bicyclic) bond motifs is 1. The average molecular weight is 393 g/mol. The van der Waals surface area contributed by atoms with Crippen LogP contribution in [0.15, 0.2) is 30.3 Å². The molecule has 0 bridgehead atoms. The molecule has 0 radical (unpaired) electrons. The zero-order valence-corrected chi connectivity index (χ0v) is 16.3. The molecule has 1 heterocycles. The fourth-order valence-corrected chi connectivity index (χ4v) is 3.44. The molecule has 1 amide bonds. The van der Waals surface area contributed by atoms with Gasteiger partial charge in [0.1, 0.15) is 5.82 Å². The third-order valence-electron chi connectivity index (χ3n) is 4.86. The molecule has 2 aromatic carbocycles. The van der Waals surface area contributed by atoms with Gasteiger partial charge < -0.3 is 14.8 Å². The van der Waals surface area contributed by atoms with E-state index >= 15 is 0 Å². The van der Waals surface area contributed by atoms with Crippen molar-refractivity contribution in [3.63, 3.8) is 0 Å². The van der Waals surface area contributed by atoms with Gasteiger partial charge in [0.25, 0.3) is 0 Å². The Morgan fingerprint density at radius 3 is 2.48 bits per heavy atom. The first kappa shape index (κ1) is 19.5. The number of halogens is 2. The first-order valence-corrected chi connectivity index (χ1v) is 9.04. The van der Waals surface area contributed by atoms with E-state index in [1.54, 1.807) is 14.2 Å². The van der Waals surface area contributed by atoms with E-state index < -0.39 is 5.82 Å². The summed E-state index contributed by atoms with van der Waals surface area (Å²) in [4.78, 5) is 14.7. The maximum atomic E-state index is 13.2. The summed E-state index contributed by atoms with van der Waals surface area (Å²) in [5.74, 6) is 0.755. The lowest BCUT2D eigenvalue weighted by atomic mass is 9.97. The summed E-state index contributed by atoms with van der Waals surface area (Å²) in [7, 11) is 3.22. The van der Waals surface area contributed by atoms with Crippen LogP contribution in [0.1, 0.15) is 18.1 Å². The fourth-order valence-electron chi connectivity index (χ4n) is 3.23. The quantitative estimate of drug-likeness (QED) is 0.838. The van der Waals surface area contributed by atoms with Crippen LogP contribution in [-0.2, 0) is 17.8 Å². The van der Waals surface area contributed by atoms with Crippen LogP contribution in [0.4, 0.5) is 10.1 Å². The zero-order valence-electron chi connectivity index (χ0n) is 15.5. The molecule has 1 aliphatic heterocycles. The van der Waals surface area contributed by atoms with E-state index in [1.165, 1.54) is 23.8 Å². The molecule has 5 nitrogen and oxygen atoms in total. The SMILES string of the molecule is COc1cc2c(cc1OC)CN([C@H](C)C(=O)Nc1ccc(F)cc1Cl)CC2. The first-order valence-electron chi connectivity index (χ1n) is 8.66. The number of ether oxygens (including phenoxy) is 2. The van der Waals surface area contributed by atoms with E-state index in [2.05, 4.69) is 10.2 Å². The molecule has 0 unspecified atom stereocenters. The predicted molar refractivity (Wildman–Crippen MR) is 103 cm³/mol. The second-order valence-corrected chi connectivity index (χ2v) is 6.89. The lowest BCUT2D eigenvalue weighted by Crippen LogP contribution is -2.44. The predicted octanol–water partition coefficient (Wildman–Crippen LogP) is 3.88. The van der Waals surface area contributed by atoms with Gasteiger partial charge in [0.05, 0.1) is 31.0 Å². The van der Waals surface area contributed by atoms with Gasteiger partial charge in [-0.2, -0.15) is 0 Å². The average Bonchev–Trinajstić information content (AvgIpc) is 2.67. The van der Waals surface area contributed by atoms with Crippen molar-refractivity contribution in [1.82, 2.24) is 4.90 Å². The van der Waals surface area contributed by atoms with Gasteiger partial charge in [-0.15, -0.1) is 0 Å². The monoisotopic (exact) mass is 392 g/mol. The van der Waals surface area contributed by atoms with Gasteiger partial charge >= 0.3 is 0 Å². The maximum Gasteiger partial charge on any atom is 0.241 e. The lowest BCUT2D eigenvalue weighted by molar-refractivity contribution is -0.121. The number of nitrogens with zero attached hydrogens (tertiary/aromatic N) is 1. The van der Waals surface area contributed by atoms with Crippen LogP contribution in [0.3, 0.4) is 0 Å². The van der Waals surface area contributed by atoms with Gasteiger partial charge in [0.2, 0.25) is 5.91 Å². The van der Waals surface area contributed by atoms with Crippen molar-refractivity contribution in [2.24, 2.45) is 0 Å². The van der Waals surface area contributed by atoms with E-state index in [-0.39, 0.29) is 17.0 Å². The number of rotatable bonds is 5. The normalized spacial score (nSPS) is 15.0. The number of nitrogens with one attached hydrogen (secondary N) is 1. The molecule has 0 aromatic heterocycles. The van der Waals surface area contributed by atoms with Crippen molar-refractivity contribution in [3.05, 3.63) is 52.3 Å². The number of amides is 1. The molecule has 0 saturated carbocycles. The third-order valence-corrected chi connectivity index (χ3v) is 5.18. The molecular formula is C20H22ClFN2O3. The topological polar surface area (TPSA) is 50.8 Å². The first-order chi connectivity index (χ1) is 12.9. The minimum absolute atomic E-state index is 0.177. The number of hydrogen-bond donors (Lipinski definition) is 1. The number of carbonyl (C=O) groups is 1. The Balaban J connectivity index is 1.73. The van der Waals surface area contributed by atoms with Crippen LogP contribution < -0.4 is 14.8 Å². The summed E-state index contributed by atoms with van der Waals surface area (Å²) in [5, 5.41) is 2.95. The van der Waals surface area contributed by atoms with Crippen molar-refractivity contribution in [1.29, 1.82) is 0 Å². The van der Waals surface area contributed by atoms with Crippen LogP contribution in [0.2, 0.25) is 5.02 Å². The highest BCUT2D eigenvalue weighted by Crippen LogP contribution is 2.33. The van der Waals surface area contributed by atoms with Crippen LogP contribution in [-0.4, -0.2) is 37.6 Å². The Labute approximate surface area is 163 Å². The van der Waals surface area contributed by atoms with Gasteiger partial charge in [-0.05, 0) is 54.8 Å². The maximum absolute atomic E-state index is 13.2. The highest BCUT2D eigenvalue weighted by molar-refractivity contribution is 6.33. The van der Waals surface area contributed by atoms with Gasteiger partial charge in [-0.1, -0.05) is 11.6 Å². The number of carbonyl (C=O) groups excluding carboxylic acids is 1. The molecule has 1 atom stereocenters. The summed E-state index contributed by atoms with van der Waals surface area (Å²) in [6, 6.07) is 7.50. The van der Waals surface area contributed by atoms with Crippen LogP contribution in [0, 0.1) is 5.82 Å². The van der Waals surface area contributed by atoms with E-state index in [1.807, 2.05) is 19.1 Å². The van der Waals surface area contributed by atoms with Gasteiger partial charge in [0.15, 0.2) is 11.5 Å². The molecule has 0 spiro atoms. The molecule has 1 aliphatic rings. The van der Waals surface area contributed by atoms with Crippen molar-refractivity contribution in [3.8, 4) is 11.5 Å². The Bertz CT molecular complexity index is 859. The summed E-state index contributed by atoms with van der Waals surface area (Å²) in [5.41, 5.74) is 2.70.